The molecule has 0 saturated heterocycles. The molecule has 0 aromatic heterocycles. The van der Waals surface area contributed by atoms with Gasteiger partial charge in [0.25, 0.3) is 0 Å². The van der Waals surface area contributed by atoms with Crippen LogP contribution >= 0.6 is 0 Å². The number of aliphatic hydroxyl groups is 1. The summed E-state index contributed by atoms with van der Waals surface area (Å²) >= 11 is 0. The molecule has 0 fully saturated rings. The second kappa shape index (κ2) is 9.36. The first-order valence-electron chi connectivity index (χ1n) is 7.52. The van der Waals surface area contributed by atoms with Gasteiger partial charge in [-0.25, -0.2) is 0 Å². The van der Waals surface area contributed by atoms with Gasteiger partial charge in [-0.05, 0) is 54.6 Å². The van der Waals surface area contributed by atoms with Gasteiger partial charge in [0.15, 0.2) is 0 Å². The molecule has 0 atom stereocenters. The van der Waals surface area contributed by atoms with Crippen molar-refractivity contribution in [3.63, 3.8) is 0 Å². The largest absolute Gasteiger partial charge is 0.396 e. The van der Waals surface area contributed by atoms with Crippen LogP contribution in [0.1, 0.15) is 46.0 Å². The highest BCUT2D eigenvalue weighted by Crippen LogP contribution is 2.23. The Balaban J connectivity index is 2.78. The van der Waals surface area contributed by atoms with Crippen molar-refractivity contribution in [1.29, 1.82) is 0 Å². The zero-order chi connectivity index (χ0) is 14.8. The summed E-state index contributed by atoms with van der Waals surface area (Å²) in [6, 6.07) is 0. The Labute approximate surface area is 123 Å². The summed E-state index contributed by atoms with van der Waals surface area (Å²) in [4.78, 5) is 0. The van der Waals surface area contributed by atoms with E-state index in [1.807, 2.05) is 6.08 Å². The molecule has 0 heterocycles. The molecule has 0 unspecified atom stereocenters. The standard InChI is InChI=1S/C19H26O/c1-4-7-18(12-10-16(3)5-2)19-9-6-8-17(11-13-19)14-15-20/h6-7,9,11,13,20H,3-5,10,12,14-15H2,1-2H3. The van der Waals surface area contributed by atoms with E-state index in [4.69, 9.17) is 5.11 Å². The first-order chi connectivity index (χ1) is 9.71. The average molecular weight is 270 g/mol. The molecular weight excluding hydrogens is 244 g/mol. The van der Waals surface area contributed by atoms with Gasteiger partial charge in [0.2, 0.25) is 0 Å². The molecule has 0 aromatic carbocycles. The molecule has 0 amide bonds. The van der Waals surface area contributed by atoms with E-state index >= 15 is 0 Å². The lowest BCUT2D eigenvalue weighted by molar-refractivity contribution is 0.300. The summed E-state index contributed by atoms with van der Waals surface area (Å²) in [6.45, 7) is 8.58. The van der Waals surface area contributed by atoms with Gasteiger partial charge in [0.1, 0.15) is 0 Å². The fraction of sp³-hybridized carbons (Fsp3) is 0.421. The molecule has 1 aliphatic rings. The van der Waals surface area contributed by atoms with Crippen LogP contribution in [-0.4, -0.2) is 11.7 Å². The predicted octanol–water partition coefficient (Wildman–Crippen LogP) is 5.03. The zero-order valence-corrected chi connectivity index (χ0v) is 12.8. The fourth-order valence-corrected chi connectivity index (χ4v) is 2.12. The summed E-state index contributed by atoms with van der Waals surface area (Å²) in [7, 11) is 0. The molecule has 108 valence electrons. The molecule has 1 nitrogen and oxygen atoms in total. The Hall–Kier alpha value is -1.56. The Bertz CT molecular complexity index is 480. The monoisotopic (exact) mass is 270 g/mol. The van der Waals surface area contributed by atoms with Crippen LogP contribution in [0.2, 0.25) is 0 Å². The van der Waals surface area contributed by atoms with E-state index in [-0.39, 0.29) is 6.61 Å². The maximum atomic E-state index is 9.00. The lowest BCUT2D eigenvalue weighted by atomic mass is 9.96. The Morgan fingerprint density at radius 3 is 2.75 bits per heavy atom. The highest BCUT2D eigenvalue weighted by atomic mass is 16.2. The van der Waals surface area contributed by atoms with Crippen molar-refractivity contribution in [2.24, 2.45) is 0 Å². The van der Waals surface area contributed by atoms with Crippen molar-refractivity contribution in [2.45, 2.75) is 46.0 Å². The van der Waals surface area contributed by atoms with E-state index < -0.39 is 0 Å². The smallest absolute Gasteiger partial charge is 0.0477 e. The lowest BCUT2D eigenvalue weighted by Crippen LogP contribution is -1.90. The molecule has 20 heavy (non-hydrogen) atoms. The molecule has 0 bridgehead atoms. The molecule has 1 heteroatoms. The van der Waals surface area contributed by atoms with Crippen molar-refractivity contribution in [3.05, 3.63) is 65.0 Å². The summed E-state index contributed by atoms with van der Waals surface area (Å²) in [5.41, 5.74) is 8.19. The number of hydrogen-bond donors (Lipinski definition) is 1. The third kappa shape index (κ3) is 5.61. The minimum Gasteiger partial charge on any atom is -0.396 e. The summed E-state index contributed by atoms with van der Waals surface area (Å²) in [5, 5.41) is 9.00. The van der Waals surface area contributed by atoms with Crippen molar-refractivity contribution in [1.82, 2.24) is 0 Å². The van der Waals surface area contributed by atoms with Crippen LogP contribution in [0.15, 0.2) is 65.0 Å². The van der Waals surface area contributed by atoms with E-state index in [1.165, 1.54) is 16.7 Å². The second-order valence-corrected chi connectivity index (χ2v) is 5.01. The maximum Gasteiger partial charge on any atom is 0.0477 e. The van der Waals surface area contributed by atoms with Crippen molar-refractivity contribution >= 4 is 0 Å². The van der Waals surface area contributed by atoms with E-state index in [0.29, 0.717) is 6.42 Å². The van der Waals surface area contributed by atoms with Crippen LogP contribution in [0.3, 0.4) is 0 Å². The highest BCUT2D eigenvalue weighted by Gasteiger charge is 2.04. The summed E-state index contributed by atoms with van der Waals surface area (Å²) < 4.78 is 0. The topological polar surface area (TPSA) is 20.2 Å². The third-order valence-electron chi connectivity index (χ3n) is 3.45. The molecule has 1 rings (SSSR count). The van der Waals surface area contributed by atoms with Gasteiger partial charge >= 0.3 is 0 Å². The first kappa shape index (κ1) is 16.5. The highest BCUT2D eigenvalue weighted by molar-refractivity contribution is 5.46. The number of rotatable bonds is 8. The minimum absolute atomic E-state index is 0.170. The lowest BCUT2D eigenvalue weighted by Gasteiger charge is -2.09. The number of aliphatic hydroxyl groups excluding tert-OH is 1. The van der Waals surface area contributed by atoms with E-state index in [1.54, 1.807) is 0 Å². The van der Waals surface area contributed by atoms with Crippen LogP contribution in [0.25, 0.3) is 0 Å². The van der Waals surface area contributed by atoms with E-state index in [2.05, 4.69) is 50.5 Å². The first-order valence-corrected chi connectivity index (χ1v) is 7.52. The molecule has 0 aliphatic heterocycles. The Morgan fingerprint density at radius 2 is 2.10 bits per heavy atom. The molecule has 0 aromatic rings. The molecular formula is C19H26O. The number of allylic oxidation sites excluding steroid dienone is 7. The normalized spacial score (nSPS) is 14.8. The van der Waals surface area contributed by atoms with Gasteiger partial charge in [-0.1, -0.05) is 44.2 Å². The summed E-state index contributed by atoms with van der Waals surface area (Å²) in [6.07, 6.45) is 15.4. The van der Waals surface area contributed by atoms with Crippen LogP contribution in [0.4, 0.5) is 0 Å². The second-order valence-electron chi connectivity index (χ2n) is 5.01. The van der Waals surface area contributed by atoms with Crippen molar-refractivity contribution in [2.75, 3.05) is 6.61 Å². The maximum absolute atomic E-state index is 9.00. The SMILES string of the molecule is C=C(CC)CCC(=CCC)C1=CC=C=C(CCO)C=C1. The van der Waals surface area contributed by atoms with E-state index in [0.717, 1.165) is 31.3 Å². The summed E-state index contributed by atoms with van der Waals surface area (Å²) in [5.74, 6) is 0. The quantitative estimate of drug-likeness (QED) is 0.484. The molecule has 1 aliphatic carbocycles. The predicted molar refractivity (Wildman–Crippen MR) is 87.6 cm³/mol. The molecule has 0 saturated carbocycles. The molecule has 0 spiro atoms. The van der Waals surface area contributed by atoms with Gasteiger partial charge < -0.3 is 5.11 Å². The molecule has 0 radical (unpaired) electrons. The van der Waals surface area contributed by atoms with Gasteiger partial charge in [-0.2, -0.15) is 0 Å². The number of hydrogen-bond acceptors (Lipinski definition) is 1. The van der Waals surface area contributed by atoms with Crippen molar-refractivity contribution in [3.8, 4) is 0 Å². The zero-order valence-electron chi connectivity index (χ0n) is 12.8. The van der Waals surface area contributed by atoms with E-state index in [9.17, 15) is 0 Å². The average Bonchev–Trinajstić information content (AvgIpc) is 2.69. The Morgan fingerprint density at radius 1 is 1.30 bits per heavy atom. The van der Waals surface area contributed by atoms with Crippen molar-refractivity contribution < 1.29 is 5.11 Å². The van der Waals surface area contributed by atoms with Gasteiger partial charge in [0, 0.05) is 13.0 Å². The Kier molecular flexibility index (Phi) is 7.72. The van der Waals surface area contributed by atoms with Crippen LogP contribution in [0.5, 0.6) is 0 Å². The van der Waals surface area contributed by atoms with Crippen LogP contribution < -0.4 is 0 Å². The third-order valence-corrected chi connectivity index (χ3v) is 3.45. The molecule has 1 N–H and O–H groups in total. The fourth-order valence-electron chi connectivity index (χ4n) is 2.12. The van der Waals surface area contributed by atoms with Gasteiger partial charge in [-0.15, -0.1) is 5.73 Å². The minimum atomic E-state index is 0.170. The van der Waals surface area contributed by atoms with Crippen LogP contribution in [0, 0.1) is 0 Å². The van der Waals surface area contributed by atoms with Gasteiger partial charge in [-0.3, -0.25) is 0 Å². The van der Waals surface area contributed by atoms with Crippen LogP contribution in [-0.2, 0) is 0 Å². The van der Waals surface area contributed by atoms with Gasteiger partial charge in [0.05, 0.1) is 0 Å².